The van der Waals surface area contributed by atoms with Crippen molar-refractivity contribution in [1.82, 2.24) is 4.90 Å². The summed E-state index contributed by atoms with van der Waals surface area (Å²) in [7, 11) is 0. The van der Waals surface area contributed by atoms with Crippen molar-refractivity contribution in [2.24, 2.45) is 0 Å². The number of benzene rings is 2. The second kappa shape index (κ2) is 7.72. The van der Waals surface area contributed by atoms with E-state index in [4.69, 9.17) is 28.2 Å². The molecule has 2 heterocycles. The third-order valence-electron chi connectivity index (χ3n) is 4.07. The monoisotopic (exact) mass is 411 g/mol. The number of hydrogen-bond acceptors (Lipinski definition) is 4. The van der Waals surface area contributed by atoms with E-state index in [9.17, 15) is 4.79 Å². The van der Waals surface area contributed by atoms with Gasteiger partial charge >= 0.3 is 0 Å². The summed E-state index contributed by atoms with van der Waals surface area (Å²) in [5, 5.41) is 0.646. The maximum atomic E-state index is 12.7. The summed E-state index contributed by atoms with van der Waals surface area (Å²) < 4.78 is 6.41. The molecule has 0 bridgehead atoms. The molecule has 1 saturated heterocycles. The highest BCUT2D eigenvalue weighted by Crippen LogP contribution is 2.34. The first-order valence-corrected chi connectivity index (χ1v) is 9.85. The van der Waals surface area contributed by atoms with Crippen molar-refractivity contribution >= 4 is 51.9 Å². The average Bonchev–Trinajstić information content (AvgIpc) is 3.23. The van der Waals surface area contributed by atoms with Gasteiger partial charge in [-0.2, -0.15) is 0 Å². The van der Waals surface area contributed by atoms with E-state index in [1.807, 2.05) is 66.7 Å². The lowest BCUT2D eigenvalue weighted by Crippen LogP contribution is -2.27. The van der Waals surface area contributed by atoms with Gasteiger partial charge in [0, 0.05) is 16.7 Å². The first-order valence-electron chi connectivity index (χ1n) is 8.25. The van der Waals surface area contributed by atoms with Crippen LogP contribution in [0.25, 0.3) is 17.4 Å². The van der Waals surface area contributed by atoms with Crippen molar-refractivity contribution in [3.63, 3.8) is 0 Å². The maximum absolute atomic E-state index is 12.7. The lowest BCUT2D eigenvalue weighted by molar-refractivity contribution is -0.122. The summed E-state index contributed by atoms with van der Waals surface area (Å²) in [6.07, 6.45) is 1.73. The average molecular weight is 412 g/mol. The third kappa shape index (κ3) is 4.00. The van der Waals surface area contributed by atoms with E-state index in [2.05, 4.69) is 0 Å². The summed E-state index contributed by atoms with van der Waals surface area (Å²) >= 11 is 12.7. The molecular weight excluding hydrogens is 398 g/mol. The van der Waals surface area contributed by atoms with Crippen LogP contribution in [-0.4, -0.2) is 15.1 Å². The Kier molecular flexibility index (Phi) is 5.16. The van der Waals surface area contributed by atoms with Gasteiger partial charge in [-0.15, -0.1) is 0 Å². The molecule has 6 heteroatoms. The molecule has 0 spiro atoms. The van der Waals surface area contributed by atoms with Gasteiger partial charge in [0.1, 0.15) is 15.8 Å². The Morgan fingerprint density at radius 2 is 1.89 bits per heavy atom. The van der Waals surface area contributed by atoms with Gasteiger partial charge in [0.05, 0.1) is 11.4 Å². The van der Waals surface area contributed by atoms with Crippen LogP contribution in [0.15, 0.2) is 76.1 Å². The number of halogens is 1. The van der Waals surface area contributed by atoms with Gasteiger partial charge in [0.25, 0.3) is 5.91 Å². The molecule has 1 aliphatic rings. The standard InChI is InChI=1S/C21H14ClNO2S2/c22-16-8-4-7-15(11-16)18-10-9-17(25-18)12-19-20(24)23(21(26)27-19)13-14-5-2-1-3-6-14/h1-12H,13H2/b19-12-. The lowest BCUT2D eigenvalue weighted by Gasteiger charge is -2.14. The van der Waals surface area contributed by atoms with Gasteiger partial charge in [-0.3, -0.25) is 9.69 Å². The Morgan fingerprint density at radius 3 is 2.67 bits per heavy atom. The number of thiocarbonyl (C=S) groups is 1. The van der Waals surface area contributed by atoms with Crippen molar-refractivity contribution in [2.75, 3.05) is 0 Å². The van der Waals surface area contributed by atoms with Crippen molar-refractivity contribution in [1.29, 1.82) is 0 Å². The van der Waals surface area contributed by atoms with E-state index < -0.39 is 0 Å². The lowest BCUT2D eigenvalue weighted by atomic mass is 10.2. The fourth-order valence-corrected chi connectivity index (χ4v) is 4.18. The van der Waals surface area contributed by atoms with E-state index in [1.54, 1.807) is 11.0 Å². The molecule has 1 amide bonds. The predicted octanol–water partition coefficient (Wildman–Crippen LogP) is 6.00. The second-order valence-electron chi connectivity index (χ2n) is 5.97. The highest BCUT2D eigenvalue weighted by molar-refractivity contribution is 8.26. The number of carbonyl (C=O) groups is 1. The summed E-state index contributed by atoms with van der Waals surface area (Å²) in [5.41, 5.74) is 1.93. The van der Waals surface area contributed by atoms with Gasteiger partial charge in [0.15, 0.2) is 0 Å². The highest BCUT2D eigenvalue weighted by Gasteiger charge is 2.32. The summed E-state index contributed by atoms with van der Waals surface area (Å²) in [6.45, 7) is 0.467. The SMILES string of the molecule is O=C1/C(=C/c2ccc(-c3cccc(Cl)c3)o2)SC(=S)N1Cc1ccccc1. The zero-order chi connectivity index (χ0) is 18.8. The molecule has 3 aromatic rings. The Balaban J connectivity index is 1.54. The molecular formula is C21H14ClNO2S2. The van der Waals surface area contributed by atoms with Crippen molar-refractivity contribution in [2.45, 2.75) is 6.54 Å². The van der Waals surface area contributed by atoms with Crippen LogP contribution < -0.4 is 0 Å². The van der Waals surface area contributed by atoms with E-state index in [0.717, 1.165) is 11.1 Å². The first kappa shape index (κ1) is 18.0. The van der Waals surface area contributed by atoms with Gasteiger partial charge in [0.2, 0.25) is 0 Å². The normalized spacial score (nSPS) is 15.7. The zero-order valence-electron chi connectivity index (χ0n) is 14.1. The topological polar surface area (TPSA) is 33.5 Å². The Bertz CT molecular complexity index is 1040. The third-order valence-corrected chi connectivity index (χ3v) is 5.68. The minimum Gasteiger partial charge on any atom is -0.457 e. The number of nitrogens with zero attached hydrogens (tertiary/aromatic N) is 1. The van der Waals surface area contributed by atoms with E-state index in [1.165, 1.54) is 11.8 Å². The highest BCUT2D eigenvalue weighted by atomic mass is 35.5. The molecule has 3 nitrogen and oxygen atoms in total. The fourth-order valence-electron chi connectivity index (χ4n) is 2.76. The molecule has 27 heavy (non-hydrogen) atoms. The molecule has 1 fully saturated rings. The fraction of sp³-hybridized carbons (Fsp3) is 0.0476. The van der Waals surface area contributed by atoms with E-state index >= 15 is 0 Å². The molecule has 0 saturated carbocycles. The van der Waals surface area contributed by atoms with Crippen LogP contribution in [0.3, 0.4) is 0 Å². The van der Waals surface area contributed by atoms with E-state index in [0.29, 0.717) is 32.3 Å². The Labute approximate surface area is 171 Å². The van der Waals surface area contributed by atoms with Crippen LogP contribution in [0.5, 0.6) is 0 Å². The minimum absolute atomic E-state index is 0.102. The molecule has 0 aliphatic carbocycles. The summed E-state index contributed by atoms with van der Waals surface area (Å²) in [6, 6.07) is 20.9. The van der Waals surface area contributed by atoms with Crippen molar-refractivity contribution in [3.8, 4) is 11.3 Å². The van der Waals surface area contributed by atoms with E-state index in [-0.39, 0.29) is 5.91 Å². The van der Waals surface area contributed by atoms with Crippen molar-refractivity contribution in [3.05, 3.63) is 88.0 Å². The Morgan fingerprint density at radius 1 is 1.07 bits per heavy atom. The first-order chi connectivity index (χ1) is 13.1. The van der Waals surface area contributed by atoms with Crippen LogP contribution in [-0.2, 0) is 11.3 Å². The summed E-state index contributed by atoms with van der Waals surface area (Å²) in [4.78, 5) is 14.9. The van der Waals surface area contributed by atoms with Gasteiger partial charge in [-0.1, -0.05) is 78.0 Å². The molecule has 0 atom stereocenters. The molecule has 1 aromatic heterocycles. The molecule has 0 unspecified atom stereocenters. The molecule has 134 valence electrons. The van der Waals surface area contributed by atoms with Crippen LogP contribution in [0.2, 0.25) is 5.02 Å². The quantitative estimate of drug-likeness (QED) is 0.389. The van der Waals surface area contributed by atoms with Gasteiger partial charge in [-0.25, -0.2) is 0 Å². The minimum atomic E-state index is -0.102. The predicted molar refractivity (Wildman–Crippen MR) is 114 cm³/mol. The van der Waals surface area contributed by atoms with Crippen LogP contribution in [0.1, 0.15) is 11.3 Å². The number of furan rings is 1. The second-order valence-corrected chi connectivity index (χ2v) is 8.08. The van der Waals surface area contributed by atoms with Gasteiger partial charge < -0.3 is 4.42 Å². The number of hydrogen-bond donors (Lipinski definition) is 0. The van der Waals surface area contributed by atoms with Crippen molar-refractivity contribution < 1.29 is 9.21 Å². The van der Waals surface area contributed by atoms with Crippen LogP contribution in [0, 0.1) is 0 Å². The number of thioether (sulfide) groups is 1. The number of carbonyl (C=O) groups excluding carboxylic acids is 1. The molecule has 2 aromatic carbocycles. The maximum Gasteiger partial charge on any atom is 0.266 e. The largest absolute Gasteiger partial charge is 0.457 e. The smallest absolute Gasteiger partial charge is 0.266 e. The van der Waals surface area contributed by atoms with Crippen LogP contribution in [0.4, 0.5) is 0 Å². The Hall–Kier alpha value is -2.34. The zero-order valence-corrected chi connectivity index (χ0v) is 16.5. The molecule has 0 N–H and O–H groups in total. The number of amides is 1. The number of rotatable bonds is 4. The van der Waals surface area contributed by atoms with Gasteiger partial charge in [-0.05, 0) is 29.8 Å². The summed E-state index contributed by atoms with van der Waals surface area (Å²) in [5.74, 6) is 1.20. The molecule has 0 radical (unpaired) electrons. The molecule has 4 rings (SSSR count). The molecule has 1 aliphatic heterocycles. The van der Waals surface area contributed by atoms with Crippen LogP contribution >= 0.6 is 35.6 Å².